The van der Waals surface area contributed by atoms with Gasteiger partial charge in [0.2, 0.25) is 0 Å². The largest absolute Gasteiger partial charge is 0.542 e. The van der Waals surface area contributed by atoms with Gasteiger partial charge in [0.05, 0.1) is 16.8 Å². The predicted octanol–water partition coefficient (Wildman–Crippen LogP) is 10.7. The highest BCUT2D eigenvalue weighted by Gasteiger charge is 2.54. The summed E-state index contributed by atoms with van der Waals surface area (Å²) in [6.07, 6.45) is 0.735. The third kappa shape index (κ3) is 7.04. The summed E-state index contributed by atoms with van der Waals surface area (Å²) >= 11 is 1.84. The number of halogens is 1. The standard InChI is InChI=1S/C42H50FNO4SSi/c1-28(2)50(29(3)4)30(5)37-23-34(13-17-38(37)48-50)42-41(33-11-14-35(15-12-33)45-22-21-44-20-19-32(25-43)26-44)47-39-18-16-36(24-40(39)49-42)46-27-31-9-7-6-8-10-31/h6-18,23-24,28-30,32,41-42H,19-22,25-27H2,1-5H3/t30?,32-,41-,42+/m0/s1. The number of likely N-dealkylation sites (tertiary alicyclic amines) is 1. The van der Waals surface area contributed by atoms with Gasteiger partial charge in [-0.15, -0.1) is 11.8 Å². The van der Waals surface area contributed by atoms with Crippen LogP contribution >= 0.6 is 11.8 Å². The van der Waals surface area contributed by atoms with E-state index < -0.39 is 8.32 Å². The monoisotopic (exact) mass is 711 g/mol. The zero-order valence-corrected chi connectivity index (χ0v) is 31.8. The molecule has 7 rings (SSSR count). The molecule has 3 heterocycles. The highest BCUT2D eigenvalue weighted by molar-refractivity contribution is 7.99. The van der Waals surface area contributed by atoms with Crippen molar-refractivity contribution < 1.29 is 23.0 Å². The van der Waals surface area contributed by atoms with Gasteiger partial charge in [-0.25, -0.2) is 0 Å². The lowest BCUT2D eigenvalue weighted by atomic mass is 9.97. The molecule has 4 aromatic carbocycles. The molecule has 0 aliphatic carbocycles. The minimum atomic E-state index is -2.07. The minimum Gasteiger partial charge on any atom is -0.542 e. The fourth-order valence-electron chi connectivity index (χ4n) is 8.28. The first-order chi connectivity index (χ1) is 24.2. The van der Waals surface area contributed by atoms with Gasteiger partial charge >= 0.3 is 0 Å². The number of alkyl halides is 1. The van der Waals surface area contributed by atoms with E-state index in [-0.39, 0.29) is 23.9 Å². The first-order valence-corrected chi connectivity index (χ1v) is 21.2. The van der Waals surface area contributed by atoms with Crippen LogP contribution in [0.4, 0.5) is 4.39 Å². The van der Waals surface area contributed by atoms with Gasteiger partial charge in [0.1, 0.15) is 42.3 Å². The fraction of sp³-hybridized carbons (Fsp3) is 0.429. The SMILES string of the molecule is CC(C)[Si]1(C(C)C)Oc2ccc([C@H]3Sc4cc(OCc5ccccc5)ccc4O[C@H]3c3ccc(OCCN4CC[C@@H](CF)C4)cc3)cc2C1C. The first-order valence-electron chi connectivity index (χ1n) is 18.2. The molecule has 0 amide bonds. The average molecular weight is 712 g/mol. The van der Waals surface area contributed by atoms with E-state index in [4.69, 9.17) is 18.6 Å². The van der Waals surface area contributed by atoms with Crippen LogP contribution in [-0.4, -0.2) is 46.1 Å². The summed E-state index contributed by atoms with van der Waals surface area (Å²) in [5.74, 6) is 3.76. The molecule has 1 saturated heterocycles. The number of thioether (sulfide) groups is 1. The van der Waals surface area contributed by atoms with Crippen molar-refractivity contribution in [2.75, 3.05) is 32.9 Å². The Morgan fingerprint density at radius 1 is 0.860 bits per heavy atom. The number of rotatable bonds is 12. The Balaban J connectivity index is 1.14. The van der Waals surface area contributed by atoms with Crippen LogP contribution in [0.15, 0.2) is 95.9 Å². The molecule has 1 fully saturated rings. The third-order valence-corrected chi connectivity index (χ3v) is 18.2. The van der Waals surface area contributed by atoms with Gasteiger partial charge in [-0.1, -0.05) is 89.2 Å². The van der Waals surface area contributed by atoms with Gasteiger partial charge in [-0.3, -0.25) is 9.29 Å². The quantitative estimate of drug-likeness (QED) is 0.136. The summed E-state index contributed by atoms with van der Waals surface area (Å²) in [6.45, 7) is 15.2. The van der Waals surface area contributed by atoms with E-state index in [1.54, 1.807) is 0 Å². The van der Waals surface area contributed by atoms with E-state index in [2.05, 4.69) is 100 Å². The van der Waals surface area contributed by atoms with Gasteiger partial charge < -0.3 is 18.6 Å². The van der Waals surface area contributed by atoms with E-state index in [1.807, 2.05) is 42.1 Å². The van der Waals surface area contributed by atoms with Crippen LogP contribution < -0.4 is 18.6 Å². The van der Waals surface area contributed by atoms with Crippen molar-refractivity contribution in [3.8, 4) is 23.0 Å². The maximum absolute atomic E-state index is 13.1. The topological polar surface area (TPSA) is 40.2 Å². The summed E-state index contributed by atoms with van der Waals surface area (Å²) < 4.78 is 39.3. The molecular formula is C42H50FNO4SSi. The molecule has 3 aliphatic rings. The number of ether oxygens (including phenoxy) is 3. The molecule has 1 unspecified atom stereocenters. The maximum atomic E-state index is 13.1. The number of hydrogen-bond donors (Lipinski definition) is 0. The van der Waals surface area contributed by atoms with Crippen LogP contribution in [-0.2, 0) is 6.61 Å². The maximum Gasteiger partial charge on any atom is 0.263 e. The Kier molecular flexibility index (Phi) is 10.5. The lowest BCUT2D eigenvalue weighted by molar-refractivity contribution is 0.190. The van der Waals surface area contributed by atoms with Crippen molar-refractivity contribution >= 4 is 20.1 Å². The molecule has 4 atom stereocenters. The predicted molar refractivity (Wildman–Crippen MR) is 203 cm³/mol. The third-order valence-electron chi connectivity index (χ3n) is 11.0. The molecule has 0 radical (unpaired) electrons. The molecule has 0 N–H and O–H groups in total. The Morgan fingerprint density at radius 3 is 2.30 bits per heavy atom. The van der Waals surface area contributed by atoms with Crippen molar-refractivity contribution in [2.45, 2.75) is 80.5 Å². The van der Waals surface area contributed by atoms with Crippen molar-refractivity contribution in [3.63, 3.8) is 0 Å². The van der Waals surface area contributed by atoms with Crippen LogP contribution in [0.25, 0.3) is 0 Å². The van der Waals surface area contributed by atoms with E-state index in [1.165, 1.54) is 11.1 Å². The van der Waals surface area contributed by atoms with Crippen molar-refractivity contribution in [1.82, 2.24) is 4.90 Å². The van der Waals surface area contributed by atoms with E-state index in [0.717, 1.165) is 65.1 Å². The fourth-order valence-corrected chi connectivity index (χ4v) is 14.8. The summed E-state index contributed by atoms with van der Waals surface area (Å²) in [5.41, 5.74) is 6.24. The Hall–Kier alpha value is -3.46. The second-order valence-corrected chi connectivity index (χ2v) is 21.0. The molecule has 0 spiro atoms. The zero-order chi connectivity index (χ0) is 34.8. The molecule has 50 heavy (non-hydrogen) atoms. The van der Waals surface area contributed by atoms with Gasteiger partial charge in [-0.2, -0.15) is 0 Å². The molecule has 5 nitrogen and oxygen atoms in total. The van der Waals surface area contributed by atoms with Gasteiger partial charge in [0.15, 0.2) is 0 Å². The second kappa shape index (κ2) is 15.0. The van der Waals surface area contributed by atoms with Gasteiger partial charge in [0.25, 0.3) is 8.32 Å². The molecule has 0 saturated carbocycles. The van der Waals surface area contributed by atoms with Gasteiger partial charge in [0, 0.05) is 24.5 Å². The summed E-state index contributed by atoms with van der Waals surface area (Å²) in [6, 6.07) is 31.7. The number of hydrogen-bond acceptors (Lipinski definition) is 6. The number of fused-ring (bicyclic) bond motifs is 2. The highest BCUT2D eigenvalue weighted by atomic mass is 32.2. The van der Waals surface area contributed by atoms with E-state index in [9.17, 15) is 4.39 Å². The average Bonchev–Trinajstić information content (AvgIpc) is 3.73. The molecule has 264 valence electrons. The number of benzene rings is 4. The summed E-state index contributed by atoms with van der Waals surface area (Å²) in [5, 5.41) is 0.0181. The lowest BCUT2D eigenvalue weighted by Crippen LogP contribution is -2.49. The Morgan fingerprint density at radius 2 is 1.58 bits per heavy atom. The zero-order valence-electron chi connectivity index (χ0n) is 29.9. The van der Waals surface area contributed by atoms with E-state index in [0.29, 0.717) is 29.8 Å². The Labute approximate surface area is 302 Å². The lowest BCUT2D eigenvalue weighted by Gasteiger charge is -2.37. The molecular weight excluding hydrogens is 662 g/mol. The van der Waals surface area contributed by atoms with Crippen LogP contribution in [0.1, 0.15) is 80.2 Å². The van der Waals surface area contributed by atoms with Gasteiger partial charge in [-0.05, 0) is 82.7 Å². The highest BCUT2D eigenvalue weighted by Crippen LogP contribution is 2.57. The van der Waals surface area contributed by atoms with Crippen LogP contribution in [0.5, 0.6) is 23.0 Å². The van der Waals surface area contributed by atoms with Crippen LogP contribution in [0.2, 0.25) is 11.1 Å². The molecule has 4 aromatic rings. The molecule has 3 aliphatic heterocycles. The van der Waals surface area contributed by atoms with Crippen LogP contribution in [0.3, 0.4) is 0 Å². The van der Waals surface area contributed by atoms with Crippen molar-refractivity contribution in [2.24, 2.45) is 5.92 Å². The smallest absolute Gasteiger partial charge is 0.263 e. The summed E-state index contributed by atoms with van der Waals surface area (Å²) in [4.78, 5) is 3.37. The van der Waals surface area contributed by atoms with Crippen molar-refractivity contribution in [1.29, 1.82) is 0 Å². The minimum absolute atomic E-state index is 0.0181. The second-order valence-electron chi connectivity index (χ2n) is 14.8. The molecule has 8 heteroatoms. The molecule has 0 bridgehead atoms. The Bertz CT molecular complexity index is 1740. The summed E-state index contributed by atoms with van der Waals surface area (Å²) in [7, 11) is -2.07. The van der Waals surface area contributed by atoms with Crippen molar-refractivity contribution in [3.05, 3.63) is 113 Å². The normalized spacial score (nSPS) is 22.6. The molecule has 0 aromatic heterocycles. The van der Waals surface area contributed by atoms with Crippen LogP contribution in [0, 0.1) is 5.92 Å². The first kappa shape index (κ1) is 35.0. The van der Waals surface area contributed by atoms with E-state index >= 15 is 0 Å². The number of nitrogens with zero attached hydrogens (tertiary/aromatic N) is 1.